The lowest BCUT2D eigenvalue weighted by atomic mass is 9.32. The molecule has 11 heavy (non-hydrogen) atoms. The first kappa shape index (κ1) is 9.22. The van der Waals surface area contributed by atoms with E-state index in [1.54, 1.807) is 0 Å². The van der Waals surface area contributed by atoms with Gasteiger partial charge in [-0.2, -0.15) is 0 Å². The predicted octanol–water partition coefficient (Wildman–Crippen LogP) is 3.42. The van der Waals surface area contributed by atoms with Gasteiger partial charge in [0.1, 0.15) is 13.4 Å². The Balaban J connectivity index is 2.51. The van der Waals surface area contributed by atoms with Crippen LogP contribution in [0.1, 0.15) is 19.3 Å². The second-order valence-electron chi connectivity index (χ2n) is 4.75. The van der Waals surface area contributed by atoms with Crippen LogP contribution in [-0.4, -0.2) is 13.4 Å². The topological polar surface area (TPSA) is 0 Å². The van der Waals surface area contributed by atoms with Crippen molar-refractivity contribution < 1.29 is 0 Å². The zero-order valence-corrected chi connectivity index (χ0v) is 8.43. The van der Waals surface area contributed by atoms with E-state index in [-0.39, 0.29) is 0 Å². The zero-order chi connectivity index (χ0) is 8.43. The fraction of sp³-hybridized carbons (Fsp3) is 1.00. The van der Waals surface area contributed by atoms with E-state index in [2.05, 4.69) is 27.3 Å². The Morgan fingerprint density at radius 1 is 0.818 bits per heavy atom. The Hall–Kier alpha value is 0.130. The molecule has 1 fully saturated rings. The molecule has 0 N–H and O–H groups in total. The quantitative estimate of drug-likeness (QED) is 0.528. The lowest BCUT2D eigenvalue weighted by Gasteiger charge is -2.23. The molecular weight excluding hydrogens is 130 g/mol. The van der Waals surface area contributed by atoms with Gasteiger partial charge in [0.05, 0.1) is 0 Å². The van der Waals surface area contributed by atoms with Crippen molar-refractivity contribution in [2.45, 2.75) is 58.2 Å². The van der Waals surface area contributed by atoms with Gasteiger partial charge >= 0.3 is 0 Å². The summed E-state index contributed by atoms with van der Waals surface area (Å²) in [5.74, 6) is 2.05. The maximum atomic E-state index is 2.38. The third-order valence-corrected chi connectivity index (χ3v) is 3.34. The van der Waals surface area contributed by atoms with E-state index in [4.69, 9.17) is 0 Å². The van der Waals surface area contributed by atoms with E-state index in [1.807, 2.05) is 0 Å². The van der Waals surface area contributed by atoms with Gasteiger partial charge in [-0.3, -0.25) is 0 Å². The smallest absolute Gasteiger partial charge is 0.0861 e. The highest BCUT2D eigenvalue weighted by Crippen LogP contribution is 2.44. The predicted molar refractivity (Wildman–Crippen MR) is 56.3 cm³/mol. The van der Waals surface area contributed by atoms with Crippen molar-refractivity contribution in [2.75, 3.05) is 0 Å². The molecule has 0 heterocycles. The Morgan fingerprint density at radius 3 is 1.45 bits per heavy atom. The molecule has 0 bridgehead atoms. The van der Waals surface area contributed by atoms with Gasteiger partial charge in [-0.15, -0.1) is 0 Å². The number of rotatable bonds is 2. The highest BCUT2D eigenvalue weighted by molar-refractivity contribution is 6.64. The summed E-state index contributed by atoms with van der Waals surface area (Å²) < 4.78 is 0. The lowest BCUT2D eigenvalue weighted by molar-refractivity contribution is 0.835. The molecule has 0 unspecified atom stereocenters. The molecule has 1 rings (SSSR count). The molecule has 62 valence electrons. The van der Waals surface area contributed by atoms with Crippen molar-refractivity contribution in [3.8, 4) is 0 Å². The highest BCUT2D eigenvalue weighted by Gasteiger charge is 2.33. The molecule has 0 spiro atoms. The first-order valence-corrected chi connectivity index (χ1v) is 5.13. The molecule has 1 aliphatic rings. The Morgan fingerprint density at radius 2 is 1.18 bits per heavy atom. The van der Waals surface area contributed by atoms with Crippen LogP contribution in [0.3, 0.4) is 0 Å². The van der Waals surface area contributed by atoms with Crippen LogP contribution < -0.4 is 0 Å². The van der Waals surface area contributed by atoms with Crippen LogP contribution in [0, 0.1) is 0 Å². The third kappa shape index (κ3) is 2.04. The van der Waals surface area contributed by atoms with E-state index >= 15 is 0 Å². The first-order valence-electron chi connectivity index (χ1n) is 5.13. The monoisotopic (exact) mass is 150 g/mol. The van der Waals surface area contributed by atoms with Crippen LogP contribution in [0.25, 0.3) is 0 Å². The molecular formula is C9H20B2. The van der Waals surface area contributed by atoms with Crippen LogP contribution in [0.2, 0.25) is 38.9 Å². The molecule has 0 amide bonds. The van der Waals surface area contributed by atoms with Gasteiger partial charge in [-0.25, -0.2) is 0 Å². The summed E-state index contributed by atoms with van der Waals surface area (Å²) in [6, 6.07) is 0. The van der Waals surface area contributed by atoms with Gasteiger partial charge in [-0.05, 0) is 0 Å². The van der Waals surface area contributed by atoms with Crippen LogP contribution >= 0.6 is 0 Å². The average Bonchev–Trinajstić information content (AvgIpc) is 2.32. The highest BCUT2D eigenvalue weighted by atomic mass is 14.2. The van der Waals surface area contributed by atoms with Gasteiger partial charge in [-0.1, -0.05) is 58.2 Å². The molecule has 2 atom stereocenters. The first-order chi connectivity index (χ1) is 5.13. The minimum atomic E-state index is 0.907. The van der Waals surface area contributed by atoms with Crippen LogP contribution in [0.4, 0.5) is 0 Å². The molecule has 1 saturated carbocycles. The molecule has 0 nitrogen and oxygen atoms in total. The van der Waals surface area contributed by atoms with E-state index < -0.39 is 0 Å². The van der Waals surface area contributed by atoms with E-state index in [0.717, 1.165) is 25.1 Å². The molecule has 0 saturated heterocycles. The summed E-state index contributed by atoms with van der Waals surface area (Å²) >= 11 is 0. The summed E-state index contributed by atoms with van der Waals surface area (Å²) in [5.41, 5.74) is 0. The lowest BCUT2D eigenvalue weighted by Crippen LogP contribution is -2.21. The maximum absolute atomic E-state index is 2.38. The molecule has 0 aliphatic heterocycles. The van der Waals surface area contributed by atoms with E-state index in [1.165, 1.54) is 19.3 Å². The molecule has 0 radical (unpaired) electrons. The van der Waals surface area contributed by atoms with Crippen LogP contribution in [0.5, 0.6) is 0 Å². The summed E-state index contributed by atoms with van der Waals surface area (Å²) in [4.78, 5) is 0. The Labute approximate surface area is 72.3 Å². The minimum absolute atomic E-state index is 0.907. The van der Waals surface area contributed by atoms with Gasteiger partial charge in [0.25, 0.3) is 0 Å². The third-order valence-electron chi connectivity index (χ3n) is 3.34. The molecule has 0 aromatic carbocycles. The maximum Gasteiger partial charge on any atom is 0.136 e. The van der Waals surface area contributed by atoms with E-state index in [0.29, 0.717) is 0 Å². The normalized spacial score (nSPS) is 30.5. The SMILES string of the molecule is CB(C)[C@H]1CCC[C@H]1B(C)C. The number of hydrogen-bond donors (Lipinski definition) is 0. The molecule has 0 aromatic rings. The Bertz CT molecular complexity index is 107. The second-order valence-corrected chi connectivity index (χ2v) is 4.75. The van der Waals surface area contributed by atoms with E-state index in [9.17, 15) is 0 Å². The van der Waals surface area contributed by atoms with Crippen molar-refractivity contribution in [3.63, 3.8) is 0 Å². The standard InChI is InChI=1S/C9H20B2/c1-10(2)8-6-5-7-9(8)11(3)4/h8-9H,5-7H2,1-4H3/t8-,9+. The second kappa shape index (κ2) is 3.69. The number of hydrogen-bond acceptors (Lipinski definition) is 0. The van der Waals surface area contributed by atoms with Gasteiger partial charge in [0, 0.05) is 0 Å². The zero-order valence-electron chi connectivity index (χ0n) is 8.43. The average molecular weight is 150 g/mol. The van der Waals surface area contributed by atoms with Crippen LogP contribution in [-0.2, 0) is 0 Å². The van der Waals surface area contributed by atoms with Gasteiger partial charge < -0.3 is 0 Å². The molecule has 1 aliphatic carbocycles. The summed E-state index contributed by atoms with van der Waals surface area (Å²) in [6.45, 7) is 11.3. The Kier molecular flexibility index (Phi) is 3.09. The van der Waals surface area contributed by atoms with Crippen molar-refractivity contribution in [3.05, 3.63) is 0 Å². The van der Waals surface area contributed by atoms with Crippen LogP contribution in [0.15, 0.2) is 0 Å². The summed E-state index contributed by atoms with van der Waals surface area (Å²) in [5, 5.41) is 0. The fourth-order valence-corrected chi connectivity index (χ4v) is 2.67. The summed E-state index contributed by atoms with van der Waals surface area (Å²) in [6.07, 6.45) is 4.45. The largest absolute Gasteiger partial charge is 0.136 e. The van der Waals surface area contributed by atoms with Crippen molar-refractivity contribution in [1.82, 2.24) is 0 Å². The molecule has 0 aromatic heterocycles. The van der Waals surface area contributed by atoms with Crippen molar-refractivity contribution >= 4 is 13.4 Å². The summed E-state index contributed by atoms with van der Waals surface area (Å²) in [7, 11) is 0. The van der Waals surface area contributed by atoms with Crippen molar-refractivity contribution in [2.24, 2.45) is 0 Å². The van der Waals surface area contributed by atoms with Crippen molar-refractivity contribution in [1.29, 1.82) is 0 Å². The fourth-order valence-electron chi connectivity index (χ4n) is 2.67. The van der Waals surface area contributed by atoms with Gasteiger partial charge in [0.2, 0.25) is 0 Å². The van der Waals surface area contributed by atoms with Gasteiger partial charge in [0.15, 0.2) is 0 Å². The minimum Gasteiger partial charge on any atom is -0.0861 e. The molecule has 2 heteroatoms.